The molecule has 1 aliphatic rings. The van der Waals surface area contributed by atoms with Crippen LogP contribution in [-0.4, -0.2) is 394 Å². The van der Waals surface area contributed by atoms with Crippen LogP contribution in [0.4, 0.5) is 4.79 Å². The fraction of sp³-hybridized carbons (Fsp3) is 0.884. The van der Waals surface area contributed by atoms with Gasteiger partial charge in [-0.25, -0.2) is 4.79 Å². The second kappa shape index (κ2) is 77.7. The zero-order chi connectivity index (χ0) is 75.9. The number of ether oxygens (including phenoxy) is 25. The molecular weight excluding hydrogens is 1400 g/mol. The Balaban J connectivity index is 1.71. The normalized spacial score (nSPS) is 12.7. The van der Waals surface area contributed by atoms with Crippen molar-refractivity contribution < 1.29 is 152 Å². The fourth-order valence-corrected chi connectivity index (χ4v) is 8.05. The van der Waals surface area contributed by atoms with Crippen molar-refractivity contribution in [1.29, 1.82) is 0 Å². The molecule has 0 spiro atoms. The van der Waals surface area contributed by atoms with Crippen molar-refractivity contribution in [2.75, 3.05) is 337 Å². The number of aliphatic carboxylic acids is 1. The van der Waals surface area contributed by atoms with Crippen LogP contribution in [0.25, 0.3) is 0 Å². The maximum absolute atomic E-state index is 13.0. The molecule has 0 saturated carbocycles. The van der Waals surface area contributed by atoms with Crippen LogP contribution in [-0.2, 0) is 142 Å². The van der Waals surface area contributed by atoms with E-state index in [4.69, 9.17) is 124 Å². The van der Waals surface area contributed by atoms with Crippen LogP contribution in [0, 0.1) is 0 Å². The van der Waals surface area contributed by atoms with Gasteiger partial charge in [0, 0.05) is 31.7 Å². The standard InChI is InChI=1S/C69H128N4O32/c1-69(2,3)105-68(80)71-61-62(72-63(74)7-5-4-6-12-73-64(75)8-9-65(73)76)67(79)70-11-14-82-16-18-84-20-22-86-24-26-88-28-30-90-32-34-92-36-38-94-40-42-96-44-46-98-48-50-100-52-54-102-56-58-104-60-59-103-57-55-101-53-51-99-49-47-97-45-43-95-41-39-93-37-35-91-33-31-89-29-27-87-25-23-85-21-19-83-17-15-81-13-10-66(77)78/h8-9,62H,4-7,10-61H2,1-3H3,(H,70,79)(H,71,80)(H,72,74)(H,77,78). The number of alkyl carbamates (subject to hydrolysis) is 1. The number of carbonyl (C=O) groups is 6. The van der Waals surface area contributed by atoms with Crippen molar-refractivity contribution in [1.82, 2.24) is 20.9 Å². The van der Waals surface area contributed by atoms with Crippen molar-refractivity contribution in [3.63, 3.8) is 0 Å². The number of nitrogens with one attached hydrogen (secondary N) is 3. The number of carboxylic acids is 1. The van der Waals surface area contributed by atoms with E-state index in [-0.39, 0.29) is 64.1 Å². The molecule has 0 aromatic rings. The van der Waals surface area contributed by atoms with Gasteiger partial charge < -0.3 is 139 Å². The molecule has 0 fully saturated rings. The topological polar surface area (TPSA) is 393 Å². The number of rotatable bonds is 85. The Morgan fingerprint density at radius 3 is 0.810 bits per heavy atom. The minimum Gasteiger partial charge on any atom is -0.481 e. The van der Waals surface area contributed by atoms with Gasteiger partial charge in [0.2, 0.25) is 11.8 Å². The van der Waals surface area contributed by atoms with E-state index >= 15 is 0 Å². The van der Waals surface area contributed by atoms with E-state index in [0.29, 0.717) is 317 Å². The average molecular weight is 1530 g/mol. The van der Waals surface area contributed by atoms with Gasteiger partial charge in [-0.1, -0.05) is 6.42 Å². The molecule has 0 aromatic heterocycles. The molecule has 1 aliphatic heterocycles. The van der Waals surface area contributed by atoms with Gasteiger partial charge >= 0.3 is 12.1 Å². The van der Waals surface area contributed by atoms with Crippen molar-refractivity contribution in [3.05, 3.63) is 12.2 Å². The Morgan fingerprint density at radius 1 is 0.333 bits per heavy atom. The lowest BCUT2D eigenvalue weighted by molar-refractivity contribution is -0.139. The Morgan fingerprint density at radius 2 is 0.571 bits per heavy atom. The van der Waals surface area contributed by atoms with E-state index < -0.39 is 35.5 Å². The zero-order valence-electron chi connectivity index (χ0n) is 62.9. The second-order valence-corrected chi connectivity index (χ2v) is 23.1. The third-order valence-corrected chi connectivity index (χ3v) is 13.2. The largest absolute Gasteiger partial charge is 0.481 e. The first-order valence-electron chi connectivity index (χ1n) is 36.5. The molecular formula is C69H128N4O32. The highest BCUT2D eigenvalue weighted by Gasteiger charge is 2.25. The summed E-state index contributed by atoms with van der Waals surface area (Å²) in [5, 5.41) is 16.4. The van der Waals surface area contributed by atoms with Gasteiger partial charge in [0.15, 0.2) is 0 Å². The van der Waals surface area contributed by atoms with Gasteiger partial charge in [-0.3, -0.25) is 28.9 Å². The molecule has 1 atom stereocenters. The monoisotopic (exact) mass is 1520 g/mol. The van der Waals surface area contributed by atoms with Crippen LogP contribution in [0.3, 0.4) is 0 Å². The average Bonchev–Trinajstić information content (AvgIpc) is 1.81. The first-order chi connectivity index (χ1) is 51.4. The molecule has 1 heterocycles. The molecule has 4 N–H and O–H groups in total. The van der Waals surface area contributed by atoms with Crippen molar-refractivity contribution >= 4 is 35.7 Å². The molecule has 1 rings (SSSR count). The molecule has 0 aromatic carbocycles. The number of hydrogen-bond donors (Lipinski definition) is 4. The number of carboxylic acid groups (broad SMARTS) is 1. The van der Waals surface area contributed by atoms with E-state index in [2.05, 4.69) is 16.0 Å². The van der Waals surface area contributed by atoms with Gasteiger partial charge in [0.1, 0.15) is 11.6 Å². The highest BCUT2D eigenvalue weighted by Crippen LogP contribution is 2.09. The van der Waals surface area contributed by atoms with Crippen LogP contribution in [0.5, 0.6) is 0 Å². The van der Waals surface area contributed by atoms with Gasteiger partial charge in [0.05, 0.1) is 330 Å². The number of imide groups is 1. The number of unbranched alkanes of at least 4 members (excludes halogenated alkanes) is 2. The summed E-state index contributed by atoms with van der Waals surface area (Å²) in [6.07, 6.45) is 3.42. The van der Waals surface area contributed by atoms with Crippen LogP contribution in [0.1, 0.15) is 52.9 Å². The predicted octanol–water partition coefficient (Wildman–Crippen LogP) is 0.471. The summed E-state index contributed by atoms with van der Waals surface area (Å²) in [6, 6.07) is -1.06. The summed E-state index contributed by atoms with van der Waals surface area (Å²) in [6.45, 7) is 26.1. The van der Waals surface area contributed by atoms with Crippen LogP contribution in [0.2, 0.25) is 0 Å². The molecule has 36 heteroatoms. The quantitative estimate of drug-likeness (QED) is 0.0475. The Kier molecular flexibility index (Phi) is 73.0. The van der Waals surface area contributed by atoms with Crippen LogP contribution < -0.4 is 16.0 Å². The first-order valence-corrected chi connectivity index (χ1v) is 36.5. The lowest BCUT2D eigenvalue weighted by atomic mass is 10.1. The molecule has 0 radical (unpaired) electrons. The molecule has 105 heavy (non-hydrogen) atoms. The van der Waals surface area contributed by atoms with E-state index in [9.17, 15) is 28.8 Å². The van der Waals surface area contributed by atoms with Crippen molar-refractivity contribution in [3.8, 4) is 0 Å². The lowest BCUT2D eigenvalue weighted by Gasteiger charge is -2.22. The molecule has 5 amide bonds. The van der Waals surface area contributed by atoms with E-state index in [0.717, 1.165) is 4.90 Å². The maximum Gasteiger partial charge on any atom is 0.407 e. The SMILES string of the molecule is CC(C)(C)OC(=O)NCC(NC(=O)CCCCCN1C(=O)C=CC1=O)C(=O)NCCOCCOCCOCCOCCOCCOCCOCCOCCOCCOCCOCCOCCOCCOCCOCCOCCOCCOCCOCCOCCOCCOCCOCCOCCC(=O)O. The van der Waals surface area contributed by atoms with Gasteiger partial charge in [0.25, 0.3) is 11.8 Å². The minimum atomic E-state index is -1.06. The predicted molar refractivity (Wildman–Crippen MR) is 375 cm³/mol. The lowest BCUT2D eigenvalue weighted by Crippen LogP contribution is -2.53. The summed E-state index contributed by atoms with van der Waals surface area (Å²) >= 11 is 0. The molecule has 0 aliphatic carbocycles. The van der Waals surface area contributed by atoms with Crippen LogP contribution in [0.15, 0.2) is 12.2 Å². The summed E-state index contributed by atoms with van der Waals surface area (Å²) in [5.41, 5.74) is -0.751. The Bertz CT molecular complexity index is 2000. The van der Waals surface area contributed by atoms with Crippen LogP contribution >= 0.6 is 0 Å². The fourth-order valence-electron chi connectivity index (χ4n) is 8.05. The third-order valence-electron chi connectivity index (χ3n) is 13.2. The minimum absolute atomic E-state index is 0.0146. The van der Waals surface area contributed by atoms with E-state index in [1.807, 2.05) is 0 Å². The number of hydrogen-bond acceptors (Lipinski definition) is 31. The smallest absolute Gasteiger partial charge is 0.407 e. The summed E-state index contributed by atoms with van der Waals surface area (Å²) in [4.78, 5) is 72.9. The maximum atomic E-state index is 13.0. The van der Waals surface area contributed by atoms with E-state index in [1.165, 1.54) is 12.2 Å². The number of carbonyl (C=O) groups excluding carboxylic acids is 5. The third kappa shape index (κ3) is 74.8. The summed E-state index contributed by atoms with van der Waals surface area (Å²) < 4.78 is 137. The van der Waals surface area contributed by atoms with E-state index in [1.54, 1.807) is 20.8 Å². The second-order valence-electron chi connectivity index (χ2n) is 23.1. The molecule has 1 unspecified atom stereocenters. The Hall–Kier alpha value is -4.40. The highest BCUT2D eigenvalue weighted by atomic mass is 16.6. The molecule has 36 nitrogen and oxygen atoms in total. The van der Waals surface area contributed by atoms with Crippen molar-refractivity contribution in [2.24, 2.45) is 0 Å². The van der Waals surface area contributed by atoms with Gasteiger partial charge in [-0.05, 0) is 33.6 Å². The zero-order valence-corrected chi connectivity index (χ0v) is 62.9. The Labute approximate surface area is 620 Å². The van der Waals surface area contributed by atoms with Crippen molar-refractivity contribution in [2.45, 2.75) is 64.5 Å². The summed E-state index contributed by atoms with van der Waals surface area (Å²) in [5.74, 6) is -2.48. The van der Waals surface area contributed by atoms with Gasteiger partial charge in [-0.15, -0.1) is 0 Å². The number of nitrogens with zero attached hydrogens (tertiary/aromatic N) is 1. The summed E-state index contributed by atoms with van der Waals surface area (Å²) in [7, 11) is 0. The molecule has 616 valence electrons. The first kappa shape index (κ1) is 98.6. The van der Waals surface area contributed by atoms with Gasteiger partial charge in [-0.2, -0.15) is 0 Å². The molecule has 0 bridgehead atoms. The highest BCUT2D eigenvalue weighted by molar-refractivity contribution is 6.12. The molecule has 0 saturated heterocycles. The number of amides is 5.